The van der Waals surface area contributed by atoms with E-state index in [2.05, 4.69) is 25.7 Å². The maximum absolute atomic E-state index is 12.5. The van der Waals surface area contributed by atoms with Gasteiger partial charge in [0, 0.05) is 32.6 Å². The highest BCUT2D eigenvalue weighted by Crippen LogP contribution is 2.13. The summed E-state index contributed by atoms with van der Waals surface area (Å²) in [5.74, 6) is -0.200. The van der Waals surface area contributed by atoms with Crippen molar-refractivity contribution < 1.29 is 33.6 Å². The van der Waals surface area contributed by atoms with Crippen LogP contribution in [0.15, 0.2) is 0 Å². The van der Waals surface area contributed by atoms with E-state index >= 15 is 0 Å². The molecule has 0 bridgehead atoms. The van der Waals surface area contributed by atoms with Crippen LogP contribution in [-0.2, 0) is 28.5 Å². The van der Waals surface area contributed by atoms with Crippen LogP contribution in [-0.4, -0.2) is 80.9 Å². The molecule has 0 aliphatic heterocycles. The van der Waals surface area contributed by atoms with Crippen molar-refractivity contribution in [2.45, 2.75) is 226 Å². The number of nitrogens with zero attached hydrogens (tertiary/aromatic N) is 1. The molecule has 0 atom stereocenters. The molecule has 53 heavy (non-hydrogen) atoms. The third kappa shape index (κ3) is 40.3. The minimum atomic E-state index is -0.323. The molecule has 0 rings (SSSR count). The Morgan fingerprint density at radius 3 is 1.23 bits per heavy atom. The summed E-state index contributed by atoms with van der Waals surface area (Å²) in [6.45, 7) is 12.0. The number of carbonyl (C=O) groups excluding carboxylic acids is 2. The fourth-order valence-corrected chi connectivity index (χ4v) is 6.62. The molecule has 0 amide bonds. The number of unbranched alkanes of at least 4 members (excludes halogenated alkanes) is 23. The zero-order chi connectivity index (χ0) is 38.7. The molecule has 0 radical (unpaired) electrons. The van der Waals surface area contributed by atoms with E-state index < -0.39 is 0 Å². The summed E-state index contributed by atoms with van der Waals surface area (Å²) >= 11 is 0. The molecule has 0 saturated heterocycles. The molecule has 0 aromatic heterocycles. The van der Waals surface area contributed by atoms with E-state index in [1.807, 2.05) is 0 Å². The molecule has 0 aromatic carbocycles. The lowest BCUT2D eigenvalue weighted by molar-refractivity contribution is -0.159. The van der Waals surface area contributed by atoms with Gasteiger partial charge in [-0.1, -0.05) is 156 Å². The number of ether oxygens (including phenoxy) is 4. The number of hydrogen-bond donors (Lipinski definition) is 1. The SMILES string of the molecule is CCCCCCCCCOC(=O)CCCCCCCN(CCO)CCCCCCOC(=O)CCC(OCCCCCCCC)OCCCCCCCC. The zero-order valence-corrected chi connectivity index (χ0v) is 35.5. The number of esters is 2. The van der Waals surface area contributed by atoms with E-state index in [-0.39, 0.29) is 24.8 Å². The van der Waals surface area contributed by atoms with Crippen molar-refractivity contribution in [3.05, 3.63) is 0 Å². The molecule has 8 nitrogen and oxygen atoms in total. The van der Waals surface area contributed by atoms with Crippen LogP contribution in [0.5, 0.6) is 0 Å². The highest BCUT2D eigenvalue weighted by molar-refractivity contribution is 5.69. The van der Waals surface area contributed by atoms with Crippen LogP contribution < -0.4 is 0 Å². The Hall–Kier alpha value is -1.22. The van der Waals surface area contributed by atoms with E-state index in [9.17, 15) is 14.7 Å². The first kappa shape index (κ1) is 51.8. The van der Waals surface area contributed by atoms with Crippen molar-refractivity contribution in [1.82, 2.24) is 4.90 Å². The molecule has 0 fully saturated rings. The summed E-state index contributed by atoms with van der Waals surface area (Å²) in [5.41, 5.74) is 0. The van der Waals surface area contributed by atoms with E-state index in [0.29, 0.717) is 52.2 Å². The van der Waals surface area contributed by atoms with Crippen LogP contribution in [0.25, 0.3) is 0 Å². The van der Waals surface area contributed by atoms with Gasteiger partial charge in [0.15, 0.2) is 6.29 Å². The number of aliphatic hydroxyl groups excluding tert-OH is 1. The summed E-state index contributed by atoms with van der Waals surface area (Å²) in [6.07, 6.45) is 33.9. The third-order valence-electron chi connectivity index (χ3n) is 10.1. The van der Waals surface area contributed by atoms with Gasteiger partial charge in [-0.3, -0.25) is 9.59 Å². The molecule has 8 heteroatoms. The van der Waals surface area contributed by atoms with Gasteiger partial charge in [0.2, 0.25) is 0 Å². The molecule has 0 heterocycles. The second-order valence-electron chi connectivity index (χ2n) is 15.3. The standard InChI is InChI=1S/C45H89NO7/c1-4-7-10-13-16-23-28-39-50-43(48)32-25-18-17-19-26-35-46(37-38-47)36-27-20-24-29-40-51-44(49)33-34-45(52-41-30-21-14-11-8-5-2)53-42-31-22-15-12-9-6-3/h45,47H,4-42H2,1-3H3. The number of carbonyl (C=O) groups is 2. The normalized spacial score (nSPS) is 11.6. The Morgan fingerprint density at radius 2 is 0.792 bits per heavy atom. The van der Waals surface area contributed by atoms with Gasteiger partial charge in [-0.05, 0) is 58.0 Å². The lowest BCUT2D eigenvalue weighted by Crippen LogP contribution is -2.29. The minimum absolute atomic E-state index is 0.0414. The first-order valence-electron chi connectivity index (χ1n) is 22.9. The Kier molecular flexibility index (Phi) is 42.5. The number of rotatable bonds is 44. The highest BCUT2D eigenvalue weighted by Gasteiger charge is 2.14. The molecule has 0 aliphatic rings. The van der Waals surface area contributed by atoms with Crippen LogP contribution in [0.1, 0.15) is 220 Å². The fraction of sp³-hybridized carbons (Fsp3) is 0.956. The van der Waals surface area contributed by atoms with Gasteiger partial charge in [-0.15, -0.1) is 0 Å². The van der Waals surface area contributed by atoms with E-state index in [0.717, 1.165) is 96.6 Å². The number of hydrogen-bond acceptors (Lipinski definition) is 8. The molecule has 0 spiro atoms. The average molecular weight is 756 g/mol. The van der Waals surface area contributed by atoms with E-state index in [1.165, 1.54) is 96.3 Å². The van der Waals surface area contributed by atoms with Gasteiger partial charge in [0.25, 0.3) is 0 Å². The van der Waals surface area contributed by atoms with Crippen LogP contribution in [0.4, 0.5) is 0 Å². The summed E-state index contributed by atoms with van der Waals surface area (Å²) in [5, 5.41) is 9.53. The molecule has 0 aliphatic carbocycles. The zero-order valence-electron chi connectivity index (χ0n) is 35.5. The van der Waals surface area contributed by atoms with Crippen LogP contribution in [0, 0.1) is 0 Å². The van der Waals surface area contributed by atoms with Crippen molar-refractivity contribution >= 4 is 11.9 Å². The van der Waals surface area contributed by atoms with Crippen LogP contribution in [0.3, 0.4) is 0 Å². The first-order valence-corrected chi connectivity index (χ1v) is 22.9. The van der Waals surface area contributed by atoms with E-state index in [4.69, 9.17) is 18.9 Å². The predicted molar refractivity (Wildman–Crippen MR) is 221 cm³/mol. The Morgan fingerprint density at radius 1 is 0.434 bits per heavy atom. The Balaban J connectivity index is 3.96. The smallest absolute Gasteiger partial charge is 0.305 e. The Labute approximate surface area is 328 Å². The molecule has 0 aromatic rings. The molecule has 1 N–H and O–H groups in total. The topological polar surface area (TPSA) is 94.5 Å². The fourth-order valence-electron chi connectivity index (χ4n) is 6.62. The average Bonchev–Trinajstić information content (AvgIpc) is 3.15. The van der Waals surface area contributed by atoms with Gasteiger partial charge in [-0.25, -0.2) is 0 Å². The van der Waals surface area contributed by atoms with Crippen molar-refractivity contribution in [1.29, 1.82) is 0 Å². The lowest BCUT2D eigenvalue weighted by Gasteiger charge is -2.21. The Bertz CT molecular complexity index is 734. The van der Waals surface area contributed by atoms with Gasteiger partial charge in [-0.2, -0.15) is 0 Å². The van der Waals surface area contributed by atoms with Crippen molar-refractivity contribution in [2.24, 2.45) is 0 Å². The second kappa shape index (κ2) is 43.5. The number of aliphatic hydroxyl groups is 1. The lowest BCUT2D eigenvalue weighted by atomic mass is 10.1. The summed E-state index contributed by atoms with van der Waals surface area (Å²) in [7, 11) is 0. The molecule has 316 valence electrons. The molecular weight excluding hydrogens is 666 g/mol. The first-order chi connectivity index (χ1) is 26.1. The van der Waals surface area contributed by atoms with Gasteiger partial charge >= 0.3 is 11.9 Å². The van der Waals surface area contributed by atoms with Gasteiger partial charge in [0.1, 0.15) is 0 Å². The predicted octanol–water partition coefficient (Wildman–Crippen LogP) is 11.9. The van der Waals surface area contributed by atoms with Crippen molar-refractivity contribution in [3.8, 4) is 0 Å². The molecule has 0 saturated carbocycles. The van der Waals surface area contributed by atoms with Crippen molar-refractivity contribution in [2.75, 3.05) is 52.7 Å². The second-order valence-corrected chi connectivity index (χ2v) is 15.3. The summed E-state index contributed by atoms with van der Waals surface area (Å²) in [6, 6.07) is 0. The highest BCUT2D eigenvalue weighted by atomic mass is 16.7. The third-order valence-corrected chi connectivity index (χ3v) is 10.1. The molecule has 0 unspecified atom stereocenters. The minimum Gasteiger partial charge on any atom is -0.466 e. The quantitative estimate of drug-likeness (QED) is 0.0373. The van der Waals surface area contributed by atoms with Crippen LogP contribution >= 0.6 is 0 Å². The van der Waals surface area contributed by atoms with Gasteiger partial charge < -0.3 is 29.0 Å². The maximum atomic E-state index is 12.5. The summed E-state index contributed by atoms with van der Waals surface area (Å²) in [4.78, 5) is 26.8. The monoisotopic (exact) mass is 756 g/mol. The van der Waals surface area contributed by atoms with Crippen molar-refractivity contribution in [3.63, 3.8) is 0 Å². The molecular formula is C45H89NO7. The summed E-state index contributed by atoms with van der Waals surface area (Å²) < 4.78 is 23.1. The van der Waals surface area contributed by atoms with Gasteiger partial charge in [0.05, 0.1) is 26.2 Å². The maximum Gasteiger partial charge on any atom is 0.305 e. The van der Waals surface area contributed by atoms with E-state index in [1.54, 1.807) is 0 Å². The largest absolute Gasteiger partial charge is 0.466 e. The van der Waals surface area contributed by atoms with Crippen LogP contribution in [0.2, 0.25) is 0 Å².